The Morgan fingerprint density at radius 3 is 3.00 bits per heavy atom. The molecule has 2 saturated heterocycles. The van der Waals surface area contributed by atoms with E-state index in [4.69, 9.17) is 10.5 Å². The van der Waals surface area contributed by atoms with Crippen LogP contribution < -0.4 is 11.1 Å². The van der Waals surface area contributed by atoms with Gasteiger partial charge in [0.25, 0.3) is 5.91 Å². The van der Waals surface area contributed by atoms with Crippen LogP contribution in [0.15, 0.2) is 21.8 Å². The van der Waals surface area contributed by atoms with Gasteiger partial charge in [0, 0.05) is 28.6 Å². The number of nitrogens with zero attached hydrogens (tertiary/aromatic N) is 3. The number of carboxylic acid groups (broad SMARTS) is 1. The number of carbonyl (C=O) groups excluding carboxylic acids is 2. The second-order valence-corrected chi connectivity index (χ2v) is 10.7. The normalized spacial score (nSPS) is 27.4. The molecule has 0 saturated carbocycles. The first-order chi connectivity index (χ1) is 15.4. The van der Waals surface area contributed by atoms with Crippen molar-refractivity contribution < 1.29 is 29.1 Å². The third-order valence-electron chi connectivity index (χ3n) is 5.18. The van der Waals surface area contributed by atoms with Gasteiger partial charge in [0.15, 0.2) is 10.0 Å². The van der Waals surface area contributed by atoms with Crippen LogP contribution in [0.2, 0.25) is 0 Å². The van der Waals surface area contributed by atoms with E-state index in [0.717, 1.165) is 12.6 Å². The zero-order valence-electron chi connectivity index (χ0n) is 17.0. The summed E-state index contributed by atoms with van der Waals surface area (Å²) in [5.74, 6) is -1.86. The fraction of sp³-hybridized carbons (Fsp3) is 0.500. The van der Waals surface area contributed by atoms with Gasteiger partial charge >= 0.3 is 5.97 Å². The van der Waals surface area contributed by atoms with E-state index in [0.29, 0.717) is 24.5 Å². The number of aliphatic carboxylic acids is 1. The maximum atomic E-state index is 12.7. The van der Waals surface area contributed by atoms with Crippen molar-refractivity contribution in [3.8, 4) is 0 Å². The van der Waals surface area contributed by atoms with Gasteiger partial charge in [-0.3, -0.25) is 14.5 Å². The number of carboxylic acids is 1. The molecular formula is C18H21N5O6S3. The first-order valence-corrected chi connectivity index (χ1v) is 12.4. The number of thioether (sulfide) groups is 2. The van der Waals surface area contributed by atoms with Crippen LogP contribution in [0.25, 0.3) is 0 Å². The van der Waals surface area contributed by atoms with Gasteiger partial charge in [0.2, 0.25) is 5.91 Å². The number of fused-ring (bicyclic) bond motifs is 1. The Morgan fingerprint density at radius 1 is 1.59 bits per heavy atom. The van der Waals surface area contributed by atoms with E-state index >= 15 is 0 Å². The zero-order valence-corrected chi connectivity index (χ0v) is 19.4. The van der Waals surface area contributed by atoms with E-state index in [1.807, 2.05) is 0 Å². The molecule has 4 rings (SSSR count). The van der Waals surface area contributed by atoms with E-state index in [-0.39, 0.29) is 34.2 Å². The zero-order chi connectivity index (χ0) is 22.9. The Morgan fingerprint density at radius 2 is 2.41 bits per heavy atom. The SMILES string of the molecule is CON=CC(=O)NC1(c2csc(N)n2)S[C@@H]2CC(=O)N2C(C(=O)O)=C1CSC1CCOC1. The lowest BCUT2D eigenvalue weighted by atomic mass is 9.98. The third-order valence-corrected chi connectivity index (χ3v) is 8.71. The summed E-state index contributed by atoms with van der Waals surface area (Å²) in [6, 6.07) is 0. The van der Waals surface area contributed by atoms with Crippen LogP contribution in [0.4, 0.5) is 5.13 Å². The molecule has 2 unspecified atom stereocenters. The number of hydrogen-bond donors (Lipinski definition) is 3. The smallest absolute Gasteiger partial charge is 0.352 e. The van der Waals surface area contributed by atoms with Crippen molar-refractivity contribution in [2.45, 2.75) is 28.3 Å². The molecule has 2 amide bonds. The van der Waals surface area contributed by atoms with Gasteiger partial charge in [-0.25, -0.2) is 9.78 Å². The van der Waals surface area contributed by atoms with Crippen LogP contribution in [0.5, 0.6) is 0 Å². The highest BCUT2D eigenvalue weighted by molar-refractivity contribution is 8.01. The van der Waals surface area contributed by atoms with Crippen LogP contribution in [0.1, 0.15) is 18.5 Å². The fourth-order valence-corrected chi connectivity index (χ4v) is 7.37. The molecule has 4 heterocycles. The molecule has 14 heteroatoms. The Balaban J connectivity index is 1.84. The van der Waals surface area contributed by atoms with Gasteiger partial charge in [0.05, 0.1) is 24.1 Å². The largest absolute Gasteiger partial charge is 0.477 e. The summed E-state index contributed by atoms with van der Waals surface area (Å²) in [6.45, 7) is 1.20. The van der Waals surface area contributed by atoms with Crippen LogP contribution >= 0.6 is 34.9 Å². The average Bonchev–Trinajstić information content (AvgIpc) is 3.42. The van der Waals surface area contributed by atoms with Gasteiger partial charge < -0.3 is 25.7 Å². The summed E-state index contributed by atoms with van der Waals surface area (Å²) in [6.07, 6.45) is 1.95. The summed E-state index contributed by atoms with van der Waals surface area (Å²) in [5, 5.41) is 18.2. The van der Waals surface area contributed by atoms with Crippen molar-refractivity contribution in [3.63, 3.8) is 0 Å². The number of β-lactam (4-membered cyclic amide) rings is 1. The first kappa shape index (κ1) is 22.9. The minimum atomic E-state index is -1.34. The van der Waals surface area contributed by atoms with E-state index in [1.165, 1.54) is 46.9 Å². The number of anilines is 1. The summed E-state index contributed by atoms with van der Waals surface area (Å²) < 4.78 is 5.44. The lowest BCUT2D eigenvalue weighted by Gasteiger charge is -2.51. The molecule has 2 fully saturated rings. The molecule has 3 atom stereocenters. The Labute approximate surface area is 195 Å². The number of ether oxygens (including phenoxy) is 1. The number of oxime groups is 1. The van der Waals surface area contributed by atoms with E-state index in [9.17, 15) is 19.5 Å². The number of carbonyl (C=O) groups is 3. The fourth-order valence-electron chi connectivity index (χ4n) is 3.72. The highest BCUT2D eigenvalue weighted by atomic mass is 32.2. The molecule has 11 nitrogen and oxygen atoms in total. The molecule has 172 valence electrons. The first-order valence-electron chi connectivity index (χ1n) is 9.62. The van der Waals surface area contributed by atoms with Crippen molar-refractivity contribution in [2.24, 2.45) is 5.16 Å². The lowest BCUT2D eigenvalue weighted by Crippen LogP contribution is -2.61. The molecule has 0 spiro atoms. The molecular weight excluding hydrogens is 478 g/mol. The highest BCUT2D eigenvalue weighted by Gasteiger charge is 2.56. The van der Waals surface area contributed by atoms with Crippen molar-refractivity contribution in [3.05, 3.63) is 22.3 Å². The van der Waals surface area contributed by atoms with Crippen molar-refractivity contribution in [1.29, 1.82) is 0 Å². The van der Waals surface area contributed by atoms with Crippen molar-refractivity contribution in [1.82, 2.24) is 15.2 Å². The minimum absolute atomic E-state index is 0.132. The molecule has 4 N–H and O–H groups in total. The molecule has 32 heavy (non-hydrogen) atoms. The quantitative estimate of drug-likeness (QED) is 0.265. The Bertz CT molecular complexity index is 992. The molecule has 0 bridgehead atoms. The number of nitrogens with one attached hydrogen (secondary N) is 1. The van der Waals surface area contributed by atoms with Gasteiger partial charge in [-0.1, -0.05) is 16.9 Å². The predicted octanol–water partition coefficient (Wildman–Crippen LogP) is 0.792. The van der Waals surface area contributed by atoms with Gasteiger partial charge in [0.1, 0.15) is 19.0 Å². The minimum Gasteiger partial charge on any atom is -0.477 e. The van der Waals surface area contributed by atoms with Crippen LogP contribution in [0.3, 0.4) is 0 Å². The standard InChI is InChI=1S/C18H21N5O6S3/c1-28-20-5-12(24)22-18(11-8-31-17(19)21-11)10(7-30-9-2-3-29-6-9)15(16(26)27)23-13(25)4-14(23)32-18/h5,8-9,14H,2-4,6-7H2,1H3,(H2,19,21)(H,22,24)(H,26,27)/t9?,14-,18?/m1/s1. The third kappa shape index (κ3) is 4.19. The van der Waals surface area contributed by atoms with Crippen LogP contribution in [-0.4, -0.2) is 75.7 Å². The number of aromatic nitrogens is 1. The summed E-state index contributed by atoms with van der Waals surface area (Å²) in [4.78, 5) is 46.4. The van der Waals surface area contributed by atoms with Crippen molar-refractivity contribution >= 4 is 64.0 Å². The number of rotatable bonds is 8. The number of thiazole rings is 1. The topological polar surface area (TPSA) is 156 Å². The summed E-state index contributed by atoms with van der Waals surface area (Å²) in [5.41, 5.74) is 6.52. The number of amides is 2. The molecule has 0 aromatic carbocycles. The van der Waals surface area contributed by atoms with Crippen LogP contribution in [-0.2, 0) is 28.8 Å². The maximum absolute atomic E-state index is 12.7. The summed E-state index contributed by atoms with van der Waals surface area (Å²) in [7, 11) is 1.31. The number of nitrogens with two attached hydrogens (primary N) is 1. The molecule has 1 aromatic heterocycles. The van der Waals surface area contributed by atoms with Gasteiger partial charge in [-0.15, -0.1) is 11.3 Å². The molecule has 3 aliphatic rings. The average molecular weight is 500 g/mol. The van der Waals surface area contributed by atoms with Crippen LogP contribution in [0, 0.1) is 0 Å². The number of nitrogen functional groups attached to an aromatic ring is 1. The molecule has 1 aromatic rings. The predicted molar refractivity (Wildman–Crippen MR) is 121 cm³/mol. The molecule has 3 aliphatic heterocycles. The summed E-state index contributed by atoms with van der Waals surface area (Å²) >= 11 is 3.98. The maximum Gasteiger partial charge on any atom is 0.352 e. The lowest BCUT2D eigenvalue weighted by molar-refractivity contribution is -0.146. The molecule has 0 aliphatic carbocycles. The monoisotopic (exact) mass is 499 g/mol. The second-order valence-electron chi connectivity index (χ2n) is 7.13. The number of hydrogen-bond acceptors (Lipinski definition) is 11. The Hall–Kier alpha value is -2.29. The Kier molecular flexibility index (Phi) is 6.65. The van der Waals surface area contributed by atoms with E-state index in [2.05, 4.69) is 20.3 Å². The van der Waals surface area contributed by atoms with Crippen molar-refractivity contribution in [2.75, 3.05) is 31.8 Å². The van der Waals surface area contributed by atoms with Gasteiger partial charge in [-0.05, 0) is 6.42 Å². The van der Waals surface area contributed by atoms with Gasteiger partial charge in [-0.2, -0.15) is 11.8 Å². The van der Waals surface area contributed by atoms with E-state index < -0.39 is 22.1 Å². The van der Waals surface area contributed by atoms with E-state index in [1.54, 1.807) is 5.38 Å². The second kappa shape index (κ2) is 9.29. The highest BCUT2D eigenvalue weighted by Crippen LogP contribution is 2.55. The molecule has 0 radical (unpaired) electrons.